The maximum Gasteiger partial charge on any atom is 0.410 e. The number of nitrogens with one attached hydrogen (secondary N) is 1. The first-order valence-corrected chi connectivity index (χ1v) is 8.96. The third-order valence-electron chi connectivity index (χ3n) is 3.76. The minimum atomic E-state index is -0.630. The van der Waals surface area contributed by atoms with Crippen molar-refractivity contribution in [3.63, 3.8) is 0 Å². The van der Waals surface area contributed by atoms with Crippen LogP contribution in [-0.4, -0.2) is 53.6 Å². The van der Waals surface area contributed by atoms with Gasteiger partial charge in [0.05, 0.1) is 6.54 Å². The van der Waals surface area contributed by atoms with E-state index in [1.807, 2.05) is 20.8 Å². The molecule has 146 valence electrons. The Balaban J connectivity index is 2.68. The molecule has 2 unspecified atom stereocenters. The van der Waals surface area contributed by atoms with Gasteiger partial charge in [0.1, 0.15) is 17.9 Å². The van der Waals surface area contributed by atoms with Crippen LogP contribution in [0.5, 0.6) is 0 Å². The van der Waals surface area contributed by atoms with Gasteiger partial charge in [0.2, 0.25) is 0 Å². The number of carbonyl (C=O) groups excluding carboxylic acids is 2. The third kappa shape index (κ3) is 8.40. The quantitative estimate of drug-likeness (QED) is 0.822. The zero-order valence-corrected chi connectivity index (χ0v) is 16.4. The van der Waals surface area contributed by atoms with Gasteiger partial charge in [0, 0.05) is 12.1 Å². The zero-order chi connectivity index (χ0) is 19.3. The minimum absolute atomic E-state index is 0.00125. The van der Waals surface area contributed by atoms with Gasteiger partial charge < -0.3 is 19.7 Å². The second-order valence-corrected chi connectivity index (χ2v) is 8.53. The lowest BCUT2D eigenvalue weighted by atomic mass is 9.90. The van der Waals surface area contributed by atoms with Gasteiger partial charge in [-0.05, 0) is 67.2 Å². The summed E-state index contributed by atoms with van der Waals surface area (Å²) in [7, 11) is 0. The Bertz CT molecular complexity index is 457. The molecule has 2 amide bonds. The highest BCUT2D eigenvalue weighted by molar-refractivity contribution is 5.69. The first-order chi connectivity index (χ1) is 11.4. The lowest BCUT2D eigenvalue weighted by Gasteiger charge is -2.38. The van der Waals surface area contributed by atoms with E-state index in [1.165, 1.54) is 4.90 Å². The van der Waals surface area contributed by atoms with Crippen molar-refractivity contribution in [2.75, 3.05) is 13.2 Å². The fourth-order valence-corrected chi connectivity index (χ4v) is 2.89. The standard InChI is InChI=1S/C18H33FN2O4/c1-17(2,3)24-15(22)20-13-8-7-9-14(12-13)21(11-10-19)16(23)25-18(4,5)6/h13-14H,7-12H2,1-6H3,(H,20,22). The average Bonchev–Trinajstić information content (AvgIpc) is 2.40. The van der Waals surface area contributed by atoms with Crippen molar-refractivity contribution < 1.29 is 23.5 Å². The lowest BCUT2D eigenvalue weighted by Crippen LogP contribution is -2.50. The molecule has 1 aliphatic carbocycles. The molecule has 1 fully saturated rings. The molecule has 0 radical (unpaired) electrons. The largest absolute Gasteiger partial charge is 0.444 e. The fourth-order valence-electron chi connectivity index (χ4n) is 2.89. The van der Waals surface area contributed by atoms with Gasteiger partial charge in [-0.1, -0.05) is 0 Å². The summed E-state index contributed by atoms with van der Waals surface area (Å²) in [4.78, 5) is 25.8. The molecule has 25 heavy (non-hydrogen) atoms. The highest BCUT2D eigenvalue weighted by Gasteiger charge is 2.33. The number of amides is 2. The number of ether oxygens (including phenoxy) is 2. The van der Waals surface area contributed by atoms with Crippen molar-refractivity contribution in [2.45, 2.75) is 90.5 Å². The SMILES string of the molecule is CC(C)(C)OC(=O)NC1CCCC(N(CCF)C(=O)OC(C)(C)C)C1. The van der Waals surface area contributed by atoms with E-state index in [-0.39, 0.29) is 18.6 Å². The smallest absolute Gasteiger partial charge is 0.410 e. The minimum Gasteiger partial charge on any atom is -0.444 e. The molecule has 2 atom stereocenters. The molecule has 1 saturated carbocycles. The van der Waals surface area contributed by atoms with Crippen LogP contribution in [0, 0.1) is 0 Å². The Morgan fingerprint density at radius 1 is 1.08 bits per heavy atom. The van der Waals surface area contributed by atoms with Gasteiger partial charge in [-0.25, -0.2) is 14.0 Å². The molecule has 0 saturated heterocycles. The van der Waals surface area contributed by atoms with Crippen molar-refractivity contribution in [3.8, 4) is 0 Å². The van der Waals surface area contributed by atoms with Crippen LogP contribution in [0.4, 0.5) is 14.0 Å². The van der Waals surface area contributed by atoms with E-state index in [2.05, 4.69) is 5.32 Å². The van der Waals surface area contributed by atoms with Crippen LogP contribution in [-0.2, 0) is 9.47 Å². The third-order valence-corrected chi connectivity index (χ3v) is 3.76. The number of rotatable bonds is 4. The van der Waals surface area contributed by atoms with Gasteiger partial charge in [-0.15, -0.1) is 0 Å². The molecule has 6 nitrogen and oxygen atoms in total. The molecule has 0 aromatic heterocycles. The van der Waals surface area contributed by atoms with Gasteiger partial charge in [0.25, 0.3) is 0 Å². The second kappa shape index (κ2) is 8.72. The first kappa shape index (κ1) is 21.5. The molecule has 0 aliphatic heterocycles. The Kier molecular flexibility index (Phi) is 7.50. The van der Waals surface area contributed by atoms with E-state index >= 15 is 0 Å². The van der Waals surface area contributed by atoms with Gasteiger partial charge in [0.15, 0.2) is 0 Å². The van der Waals surface area contributed by atoms with Crippen molar-refractivity contribution in [3.05, 3.63) is 0 Å². The van der Waals surface area contributed by atoms with E-state index < -0.39 is 30.1 Å². The number of halogens is 1. The molecule has 1 aliphatic rings. The van der Waals surface area contributed by atoms with E-state index in [4.69, 9.17) is 9.47 Å². The normalized spacial score (nSPS) is 21.4. The highest BCUT2D eigenvalue weighted by Crippen LogP contribution is 2.25. The van der Waals surface area contributed by atoms with Crippen molar-refractivity contribution in [2.24, 2.45) is 0 Å². The molecule has 0 spiro atoms. The first-order valence-electron chi connectivity index (χ1n) is 8.96. The Labute approximate surface area is 150 Å². The number of alkyl carbamates (subject to hydrolysis) is 1. The summed E-state index contributed by atoms with van der Waals surface area (Å²) in [6.45, 7) is 10.1. The number of hydrogen-bond donors (Lipinski definition) is 1. The van der Waals surface area contributed by atoms with E-state index in [0.717, 1.165) is 19.3 Å². The predicted octanol–water partition coefficient (Wildman–Crippen LogP) is 4.03. The van der Waals surface area contributed by atoms with Crippen molar-refractivity contribution in [1.82, 2.24) is 10.2 Å². The van der Waals surface area contributed by atoms with Crippen LogP contribution in [0.3, 0.4) is 0 Å². The molecule has 0 bridgehead atoms. The monoisotopic (exact) mass is 360 g/mol. The number of carbonyl (C=O) groups is 2. The molecule has 0 aromatic carbocycles. The van der Waals surface area contributed by atoms with Crippen LogP contribution in [0.25, 0.3) is 0 Å². The maximum atomic E-state index is 12.9. The summed E-state index contributed by atoms with van der Waals surface area (Å²) in [5.74, 6) is 0. The van der Waals surface area contributed by atoms with E-state index in [9.17, 15) is 14.0 Å². The number of alkyl halides is 1. The molecule has 1 N–H and O–H groups in total. The molecular weight excluding hydrogens is 327 g/mol. The summed E-state index contributed by atoms with van der Waals surface area (Å²) in [6, 6.07) is -0.252. The van der Waals surface area contributed by atoms with Gasteiger partial charge >= 0.3 is 12.2 Å². The maximum absolute atomic E-state index is 12.9. The average molecular weight is 360 g/mol. The Morgan fingerprint density at radius 3 is 2.20 bits per heavy atom. The summed E-state index contributed by atoms with van der Waals surface area (Å²) >= 11 is 0. The summed E-state index contributed by atoms with van der Waals surface area (Å²) in [5.41, 5.74) is -1.19. The van der Waals surface area contributed by atoms with Crippen LogP contribution in [0.2, 0.25) is 0 Å². The second-order valence-electron chi connectivity index (χ2n) is 8.53. The summed E-state index contributed by atoms with van der Waals surface area (Å²) in [6.07, 6.45) is 2.02. The van der Waals surface area contributed by atoms with Crippen LogP contribution >= 0.6 is 0 Å². The summed E-state index contributed by atoms with van der Waals surface area (Å²) in [5, 5.41) is 2.86. The molecule has 0 heterocycles. The van der Waals surface area contributed by atoms with Crippen molar-refractivity contribution >= 4 is 12.2 Å². The van der Waals surface area contributed by atoms with Gasteiger partial charge in [-0.3, -0.25) is 0 Å². The number of nitrogens with zero attached hydrogens (tertiary/aromatic N) is 1. The molecular formula is C18H33FN2O4. The van der Waals surface area contributed by atoms with Crippen LogP contribution < -0.4 is 5.32 Å². The summed E-state index contributed by atoms with van der Waals surface area (Å²) < 4.78 is 23.6. The lowest BCUT2D eigenvalue weighted by molar-refractivity contribution is 0.00875. The zero-order valence-electron chi connectivity index (χ0n) is 16.4. The Hall–Kier alpha value is -1.53. The fraction of sp³-hybridized carbons (Fsp3) is 0.889. The van der Waals surface area contributed by atoms with E-state index in [0.29, 0.717) is 6.42 Å². The highest BCUT2D eigenvalue weighted by atomic mass is 19.1. The van der Waals surface area contributed by atoms with Crippen LogP contribution in [0.1, 0.15) is 67.2 Å². The molecule has 0 aromatic rings. The van der Waals surface area contributed by atoms with Gasteiger partial charge in [-0.2, -0.15) is 0 Å². The van der Waals surface area contributed by atoms with Crippen LogP contribution in [0.15, 0.2) is 0 Å². The Morgan fingerprint density at radius 2 is 1.68 bits per heavy atom. The number of hydrogen-bond acceptors (Lipinski definition) is 4. The topological polar surface area (TPSA) is 67.9 Å². The predicted molar refractivity (Wildman–Crippen MR) is 94.3 cm³/mol. The molecule has 1 rings (SSSR count). The molecule has 7 heteroatoms. The van der Waals surface area contributed by atoms with E-state index in [1.54, 1.807) is 20.8 Å². The van der Waals surface area contributed by atoms with Crippen molar-refractivity contribution in [1.29, 1.82) is 0 Å².